The van der Waals surface area contributed by atoms with Gasteiger partial charge in [-0.05, 0) is 43.1 Å². The highest BCUT2D eigenvalue weighted by Gasteiger charge is 2.14. The number of benzene rings is 1. The minimum absolute atomic E-state index is 0.0970. The second-order valence-electron chi connectivity index (χ2n) is 3.61. The molecule has 2 aromatic rings. The molecule has 1 heterocycles. The highest BCUT2D eigenvalue weighted by Crippen LogP contribution is 2.24. The van der Waals surface area contributed by atoms with E-state index >= 15 is 0 Å². The molecule has 16 heavy (non-hydrogen) atoms. The van der Waals surface area contributed by atoms with E-state index in [1.165, 1.54) is 0 Å². The van der Waals surface area contributed by atoms with E-state index in [-0.39, 0.29) is 6.04 Å². The average molecular weight is 256 g/mol. The van der Waals surface area contributed by atoms with E-state index in [0.717, 1.165) is 16.4 Å². The predicted molar refractivity (Wildman–Crippen MR) is 65.0 cm³/mol. The first-order valence-electron chi connectivity index (χ1n) is 4.92. The van der Waals surface area contributed by atoms with Gasteiger partial charge in [0.15, 0.2) is 0 Å². The third kappa shape index (κ3) is 2.06. The van der Waals surface area contributed by atoms with Crippen LogP contribution in [0.2, 0.25) is 10.3 Å². The number of hydrogen-bond acceptors (Lipinski definition) is 2. The quantitative estimate of drug-likeness (QED) is 0.823. The Morgan fingerprint density at radius 1 is 1.12 bits per heavy atom. The average Bonchev–Trinajstić information content (AvgIpc) is 2.59. The molecule has 3 nitrogen and oxygen atoms in total. The van der Waals surface area contributed by atoms with Crippen molar-refractivity contribution in [1.82, 2.24) is 14.8 Å². The first kappa shape index (κ1) is 11.4. The molecule has 1 unspecified atom stereocenters. The molecule has 0 saturated carbocycles. The molecule has 0 aliphatic rings. The van der Waals surface area contributed by atoms with Crippen LogP contribution in [0.25, 0.3) is 0 Å². The van der Waals surface area contributed by atoms with Crippen molar-refractivity contribution in [3.63, 3.8) is 0 Å². The summed E-state index contributed by atoms with van der Waals surface area (Å²) in [6.45, 7) is 3.93. The highest BCUT2D eigenvalue weighted by molar-refractivity contribution is 6.30. The molecular formula is C11H11Cl2N3. The zero-order chi connectivity index (χ0) is 11.7. The van der Waals surface area contributed by atoms with Gasteiger partial charge >= 0.3 is 0 Å². The first-order chi connectivity index (χ1) is 7.59. The zero-order valence-corrected chi connectivity index (χ0v) is 10.5. The normalized spacial score (nSPS) is 12.8. The summed E-state index contributed by atoms with van der Waals surface area (Å²) in [5.74, 6) is 0.799. The van der Waals surface area contributed by atoms with Gasteiger partial charge in [-0.15, -0.1) is 10.2 Å². The molecule has 1 aromatic heterocycles. The maximum absolute atomic E-state index is 5.98. The monoisotopic (exact) mass is 255 g/mol. The molecular weight excluding hydrogens is 245 g/mol. The fourth-order valence-electron chi connectivity index (χ4n) is 1.67. The van der Waals surface area contributed by atoms with Gasteiger partial charge in [0.2, 0.25) is 5.28 Å². The third-order valence-corrected chi connectivity index (χ3v) is 3.07. The van der Waals surface area contributed by atoms with Crippen LogP contribution in [-0.2, 0) is 0 Å². The van der Waals surface area contributed by atoms with Gasteiger partial charge in [0, 0.05) is 5.02 Å². The van der Waals surface area contributed by atoms with E-state index < -0.39 is 0 Å². The molecule has 2 rings (SSSR count). The second-order valence-corrected chi connectivity index (χ2v) is 4.39. The summed E-state index contributed by atoms with van der Waals surface area (Å²) in [6, 6.07) is 7.77. The largest absolute Gasteiger partial charge is 0.295 e. The van der Waals surface area contributed by atoms with Gasteiger partial charge in [-0.2, -0.15) is 0 Å². The first-order valence-corrected chi connectivity index (χ1v) is 5.67. The minimum Gasteiger partial charge on any atom is -0.295 e. The van der Waals surface area contributed by atoms with Crippen LogP contribution >= 0.6 is 23.2 Å². The number of hydrogen-bond donors (Lipinski definition) is 0. The summed E-state index contributed by atoms with van der Waals surface area (Å²) >= 11 is 11.8. The van der Waals surface area contributed by atoms with Crippen molar-refractivity contribution in [2.45, 2.75) is 19.9 Å². The van der Waals surface area contributed by atoms with E-state index in [2.05, 4.69) is 10.2 Å². The van der Waals surface area contributed by atoms with Crippen molar-refractivity contribution >= 4 is 23.2 Å². The van der Waals surface area contributed by atoms with Crippen LogP contribution in [0.15, 0.2) is 24.3 Å². The summed E-state index contributed by atoms with van der Waals surface area (Å²) < 4.78 is 1.88. The van der Waals surface area contributed by atoms with Crippen LogP contribution in [-0.4, -0.2) is 14.8 Å². The molecule has 5 heteroatoms. The van der Waals surface area contributed by atoms with Crippen molar-refractivity contribution in [2.75, 3.05) is 0 Å². The van der Waals surface area contributed by atoms with Crippen molar-refractivity contribution in [2.24, 2.45) is 0 Å². The van der Waals surface area contributed by atoms with Gasteiger partial charge in [-0.3, -0.25) is 4.57 Å². The van der Waals surface area contributed by atoms with Gasteiger partial charge in [0.1, 0.15) is 5.82 Å². The maximum Gasteiger partial charge on any atom is 0.225 e. The SMILES string of the molecule is Cc1nnc(Cl)n1C(C)c1ccc(Cl)cc1. The molecule has 0 amide bonds. The van der Waals surface area contributed by atoms with Crippen molar-refractivity contribution in [3.8, 4) is 0 Å². The number of nitrogens with zero attached hydrogens (tertiary/aromatic N) is 3. The van der Waals surface area contributed by atoms with E-state index in [9.17, 15) is 0 Å². The topological polar surface area (TPSA) is 30.7 Å². The van der Waals surface area contributed by atoms with Crippen LogP contribution in [0, 0.1) is 6.92 Å². The zero-order valence-electron chi connectivity index (χ0n) is 8.98. The fourth-order valence-corrected chi connectivity index (χ4v) is 2.11. The number of aryl methyl sites for hydroxylation is 1. The summed E-state index contributed by atoms with van der Waals surface area (Å²) in [4.78, 5) is 0. The van der Waals surface area contributed by atoms with Crippen molar-refractivity contribution in [1.29, 1.82) is 0 Å². The number of halogens is 2. The van der Waals surface area contributed by atoms with Crippen LogP contribution in [0.1, 0.15) is 24.4 Å². The van der Waals surface area contributed by atoms with Crippen molar-refractivity contribution in [3.05, 3.63) is 46.0 Å². The Kier molecular flexibility index (Phi) is 3.17. The lowest BCUT2D eigenvalue weighted by atomic mass is 10.1. The summed E-state index contributed by atoms with van der Waals surface area (Å²) in [6.07, 6.45) is 0. The highest BCUT2D eigenvalue weighted by atomic mass is 35.5. The number of rotatable bonds is 2. The lowest BCUT2D eigenvalue weighted by Gasteiger charge is -2.15. The van der Waals surface area contributed by atoms with Gasteiger partial charge in [-0.1, -0.05) is 23.7 Å². The van der Waals surface area contributed by atoms with Gasteiger partial charge in [0.25, 0.3) is 0 Å². The lowest BCUT2D eigenvalue weighted by molar-refractivity contribution is 0.619. The molecule has 0 fully saturated rings. The Morgan fingerprint density at radius 3 is 2.25 bits per heavy atom. The molecule has 0 aliphatic carbocycles. The molecule has 0 aliphatic heterocycles. The molecule has 84 valence electrons. The fraction of sp³-hybridized carbons (Fsp3) is 0.273. The Bertz CT molecular complexity index is 471. The summed E-state index contributed by atoms with van der Waals surface area (Å²) in [5.41, 5.74) is 1.12. The Balaban J connectivity index is 2.39. The molecule has 1 atom stereocenters. The number of aromatic nitrogens is 3. The van der Waals surface area contributed by atoms with Crippen LogP contribution < -0.4 is 0 Å². The lowest BCUT2D eigenvalue weighted by Crippen LogP contribution is -2.08. The van der Waals surface area contributed by atoms with Crippen LogP contribution in [0.4, 0.5) is 0 Å². The third-order valence-electron chi connectivity index (χ3n) is 2.56. The van der Waals surface area contributed by atoms with Gasteiger partial charge in [0.05, 0.1) is 6.04 Å². The summed E-state index contributed by atoms with van der Waals surface area (Å²) in [5, 5.41) is 8.90. The van der Waals surface area contributed by atoms with E-state index in [1.807, 2.05) is 42.7 Å². The van der Waals surface area contributed by atoms with Gasteiger partial charge < -0.3 is 0 Å². The van der Waals surface area contributed by atoms with Crippen LogP contribution in [0.5, 0.6) is 0 Å². The molecule has 0 radical (unpaired) electrons. The summed E-state index contributed by atoms with van der Waals surface area (Å²) in [7, 11) is 0. The molecule has 1 aromatic carbocycles. The Hall–Kier alpha value is -1.06. The smallest absolute Gasteiger partial charge is 0.225 e. The van der Waals surface area contributed by atoms with E-state index in [1.54, 1.807) is 0 Å². The van der Waals surface area contributed by atoms with Gasteiger partial charge in [-0.25, -0.2) is 0 Å². The van der Waals surface area contributed by atoms with E-state index in [0.29, 0.717) is 5.28 Å². The molecule has 0 saturated heterocycles. The standard InChI is InChI=1S/C11H11Cl2N3/c1-7(9-3-5-10(12)6-4-9)16-8(2)14-15-11(16)13/h3-7H,1-2H3. The predicted octanol–water partition coefficient (Wildman–Crippen LogP) is 3.50. The second kappa shape index (κ2) is 4.44. The Morgan fingerprint density at radius 2 is 1.75 bits per heavy atom. The minimum atomic E-state index is 0.0970. The molecule has 0 N–H and O–H groups in total. The van der Waals surface area contributed by atoms with Crippen LogP contribution in [0.3, 0.4) is 0 Å². The maximum atomic E-state index is 5.98. The molecule has 0 spiro atoms. The Labute approximate surface area is 104 Å². The molecule has 0 bridgehead atoms. The van der Waals surface area contributed by atoms with E-state index in [4.69, 9.17) is 23.2 Å². The van der Waals surface area contributed by atoms with Crippen molar-refractivity contribution < 1.29 is 0 Å².